The number of carbonyl (C=O) groups is 2. The van der Waals surface area contributed by atoms with E-state index in [1.54, 1.807) is 18.2 Å². The molecule has 1 fully saturated rings. The molecule has 1 amide bonds. The molecule has 1 aromatic carbocycles. The molecule has 2 N–H and O–H groups in total. The predicted octanol–water partition coefficient (Wildman–Crippen LogP) is 1.15. The summed E-state index contributed by atoms with van der Waals surface area (Å²) in [6.07, 6.45) is 0. The number of nitrogens with one attached hydrogen (secondary N) is 1. The van der Waals surface area contributed by atoms with Crippen molar-refractivity contribution in [3.8, 4) is 0 Å². The van der Waals surface area contributed by atoms with Crippen LogP contribution in [0.4, 0.5) is 0 Å². The molecule has 1 aliphatic rings. The van der Waals surface area contributed by atoms with E-state index in [2.05, 4.69) is 5.32 Å². The zero-order valence-electron chi connectivity index (χ0n) is 10.5. The Hall–Kier alpha value is -1.59. The van der Waals surface area contributed by atoms with E-state index in [4.69, 9.17) is 16.7 Å². The Balaban J connectivity index is 2.28. The van der Waals surface area contributed by atoms with E-state index in [1.165, 1.54) is 4.90 Å². The molecule has 5 nitrogen and oxygen atoms in total. The number of piperazine rings is 1. The summed E-state index contributed by atoms with van der Waals surface area (Å²) in [5, 5.41) is 12.5. The monoisotopic (exact) mass is 282 g/mol. The molecule has 0 radical (unpaired) electrons. The average molecular weight is 283 g/mol. The molecular weight excluding hydrogens is 268 g/mol. The Bertz CT molecular complexity index is 519. The third kappa shape index (κ3) is 2.88. The number of aliphatic carboxylic acids is 1. The van der Waals surface area contributed by atoms with Crippen LogP contribution in [-0.4, -0.2) is 47.6 Å². The molecule has 0 spiro atoms. The number of halogens is 1. The molecule has 1 atom stereocenters. The molecule has 0 bridgehead atoms. The molecular formula is C13H15ClN2O3. The summed E-state index contributed by atoms with van der Waals surface area (Å²) < 4.78 is 0. The number of carbonyl (C=O) groups excluding carboxylic acids is 1. The molecule has 0 aliphatic carbocycles. The summed E-state index contributed by atoms with van der Waals surface area (Å²) in [5.74, 6) is -1.34. The first-order valence-corrected chi connectivity index (χ1v) is 6.39. The van der Waals surface area contributed by atoms with Gasteiger partial charge in [-0.05, 0) is 24.6 Å². The van der Waals surface area contributed by atoms with Crippen molar-refractivity contribution >= 4 is 23.5 Å². The Labute approximate surface area is 116 Å². The van der Waals surface area contributed by atoms with Gasteiger partial charge in [-0.15, -0.1) is 0 Å². The summed E-state index contributed by atoms with van der Waals surface area (Å²) in [6, 6.07) is 4.28. The van der Waals surface area contributed by atoms with Crippen LogP contribution in [0, 0.1) is 6.92 Å². The van der Waals surface area contributed by atoms with Crippen LogP contribution in [0.3, 0.4) is 0 Å². The number of hydrogen-bond donors (Lipinski definition) is 2. The van der Waals surface area contributed by atoms with Crippen LogP contribution in [0.2, 0.25) is 5.02 Å². The van der Waals surface area contributed by atoms with Crippen LogP contribution in [0.25, 0.3) is 0 Å². The number of carboxylic acids is 1. The van der Waals surface area contributed by atoms with Gasteiger partial charge in [-0.1, -0.05) is 17.7 Å². The number of amides is 1. The number of nitrogens with zero attached hydrogens (tertiary/aromatic N) is 1. The number of carboxylic acid groups (broad SMARTS) is 1. The molecule has 1 aromatic rings. The van der Waals surface area contributed by atoms with E-state index in [0.29, 0.717) is 23.7 Å². The van der Waals surface area contributed by atoms with E-state index < -0.39 is 12.0 Å². The van der Waals surface area contributed by atoms with Gasteiger partial charge < -0.3 is 15.3 Å². The van der Waals surface area contributed by atoms with Crippen LogP contribution < -0.4 is 5.32 Å². The molecule has 1 aliphatic heterocycles. The van der Waals surface area contributed by atoms with Crippen molar-refractivity contribution < 1.29 is 14.7 Å². The Morgan fingerprint density at radius 3 is 2.84 bits per heavy atom. The van der Waals surface area contributed by atoms with Crippen molar-refractivity contribution in [3.05, 3.63) is 34.3 Å². The minimum absolute atomic E-state index is 0.255. The van der Waals surface area contributed by atoms with Gasteiger partial charge in [0.05, 0.1) is 10.6 Å². The molecule has 19 heavy (non-hydrogen) atoms. The molecule has 0 saturated carbocycles. The van der Waals surface area contributed by atoms with Gasteiger partial charge in [0, 0.05) is 19.6 Å². The first kappa shape index (κ1) is 13.8. The molecule has 102 valence electrons. The highest BCUT2D eigenvalue weighted by Crippen LogP contribution is 2.21. The van der Waals surface area contributed by atoms with Gasteiger partial charge in [-0.25, -0.2) is 4.79 Å². The average Bonchev–Trinajstić information content (AvgIpc) is 2.38. The van der Waals surface area contributed by atoms with Crippen LogP contribution in [0.15, 0.2) is 18.2 Å². The molecule has 1 heterocycles. The van der Waals surface area contributed by atoms with Crippen molar-refractivity contribution in [1.82, 2.24) is 10.2 Å². The summed E-state index contributed by atoms with van der Waals surface area (Å²) >= 11 is 6.06. The first-order valence-electron chi connectivity index (χ1n) is 6.01. The maximum atomic E-state index is 12.4. The zero-order chi connectivity index (χ0) is 14.0. The van der Waals surface area contributed by atoms with Gasteiger partial charge in [-0.2, -0.15) is 0 Å². The lowest BCUT2D eigenvalue weighted by Gasteiger charge is -2.33. The van der Waals surface area contributed by atoms with Crippen molar-refractivity contribution in [1.29, 1.82) is 0 Å². The highest BCUT2D eigenvalue weighted by molar-refractivity contribution is 6.34. The topological polar surface area (TPSA) is 69.6 Å². The van der Waals surface area contributed by atoms with Crippen LogP contribution >= 0.6 is 11.6 Å². The summed E-state index contributed by atoms with van der Waals surface area (Å²) in [5.41, 5.74) is 1.30. The smallest absolute Gasteiger partial charge is 0.327 e. The number of hydrogen-bond acceptors (Lipinski definition) is 3. The fourth-order valence-corrected chi connectivity index (χ4v) is 2.43. The fraction of sp³-hybridized carbons (Fsp3) is 0.385. The van der Waals surface area contributed by atoms with E-state index in [0.717, 1.165) is 5.56 Å². The molecule has 1 unspecified atom stereocenters. The molecule has 2 rings (SSSR count). The number of benzene rings is 1. The number of aryl methyl sites for hydroxylation is 1. The van der Waals surface area contributed by atoms with Crippen LogP contribution in [0.1, 0.15) is 15.9 Å². The molecule has 1 saturated heterocycles. The van der Waals surface area contributed by atoms with Gasteiger partial charge in [0.25, 0.3) is 5.91 Å². The first-order chi connectivity index (χ1) is 9.00. The minimum Gasteiger partial charge on any atom is -0.480 e. The Morgan fingerprint density at radius 2 is 2.21 bits per heavy atom. The third-order valence-corrected chi connectivity index (χ3v) is 3.46. The minimum atomic E-state index is -1.01. The largest absolute Gasteiger partial charge is 0.480 e. The van der Waals surface area contributed by atoms with E-state index in [9.17, 15) is 9.59 Å². The van der Waals surface area contributed by atoms with Crippen molar-refractivity contribution in [2.45, 2.75) is 13.0 Å². The second kappa shape index (κ2) is 5.59. The van der Waals surface area contributed by atoms with Crippen LogP contribution in [0.5, 0.6) is 0 Å². The van der Waals surface area contributed by atoms with Gasteiger partial charge in [-0.3, -0.25) is 4.79 Å². The Morgan fingerprint density at radius 1 is 1.47 bits per heavy atom. The lowest BCUT2D eigenvalue weighted by Crippen LogP contribution is -2.57. The second-order valence-corrected chi connectivity index (χ2v) is 4.95. The van der Waals surface area contributed by atoms with E-state index in [-0.39, 0.29) is 12.5 Å². The molecule has 0 aromatic heterocycles. The van der Waals surface area contributed by atoms with Crippen LogP contribution in [-0.2, 0) is 4.79 Å². The van der Waals surface area contributed by atoms with Gasteiger partial charge in [0.1, 0.15) is 6.04 Å². The maximum absolute atomic E-state index is 12.4. The predicted molar refractivity (Wildman–Crippen MR) is 71.5 cm³/mol. The lowest BCUT2D eigenvalue weighted by molar-refractivity contribution is -0.142. The van der Waals surface area contributed by atoms with Crippen molar-refractivity contribution in [2.24, 2.45) is 0 Å². The van der Waals surface area contributed by atoms with Crippen molar-refractivity contribution in [3.63, 3.8) is 0 Å². The van der Waals surface area contributed by atoms with Crippen molar-refractivity contribution in [2.75, 3.05) is 19.6 Å². The quantitative estimate of drug-likeness (QED) is 0.854. The van der Waals surface area contributed by atoms with E-state index in [1.807, 2.05) is 6.92 Å². The highest BCUT2D eigenvalue weighted by Gasteiger charge is 2.33. The Kier molecular flexibility index (Phi) is 4.07. The summed E-state index contributed by atoms with van der Waals surface area (Å²) in [4.78, 5) is 24.9. The standard InChI is InChI=1S/C13H15ClN2O3/c1-8-2-3-9(10(14)6-8)12(17)16-5-4-15-7-11(16)13(18)19/h2-3,6,11,15H,4-5,7H2,1H3,(H,18,19). The fourth-order valence-electron chi connectivity index (χ4n) is 2.12. The maximum Gasteiger partial charge on any atom is 0.327 e. The number of rotatable bonds is 2. The van der Waals surface area contributed by atoms with Gasteiger partial charge in [0.2, 0.25) is 0 Å². The normalized spacial score (nSPS) is 19.3. The van der Waals surface area contributed by atoms with E-state index >= 15 is 0 Å². The zero-order valence-corrected chi connectivity index (χ0v) is 11.3. The SMILES string of the molecule is Cc1ccc(C(=O)N2CCNCC2C(=O)O)c(Cl)c1. The van der Waals surface area contributed by atoms with Gasteiger partial charge >= 0.3 is 5.97 Å². The second-order valence-electron chi connectivity index (χ2n) is 4.54. The highest BCUT2D eigenvalue weighted by atomic mass is 35.5. The summed E-state index contributed by atoms with van der Waals surface area (Å²) in [6.45, 7) is 3.08. The lowest BCUT2D eigenvalue weighted by atomic mass is 10.1. The third-order valence-electron chi connectivity index (χ3n) is 3.14. The van der Waals surface area contributed by atoms with Gasteiger partial charge in [0.15, 0.2) is 0 Å². The summed E-state index contributed by atoms with van der Waals surface area (Å²) in [7, 11) is 0. The molecule has 6 heteroatoms.